The molecule has 0 heterocycles. The SMILES string of the molecule is COC(=O)CCC(=O)N[C@@H](C(=O)OC)C1CCCCC1. The lowest BCUT2D eigenvalue weighted by atomic mass is 9.84. The fourth-order valence-corrected chi connectivity index (χ4v) is 2.53. The van der Waals surface area contributed by atoms with Gasteiger partial charge >= 0.3 is 11.9 Å². The van der Waals surface area contributed by atoms with Gasteiger partial charge in [-0.25, -0.2) is 4.79 Å². The van der Waals surface area contributed by atoms with Gasteiger partial charge in [0.15, 0.2) is 0 Å². The number of hydrogen-bond acceptors (Lipinski definition) is 5. The molecule has 0 aliphatic heterocycles. The number of rotatable bonds is 6. The van der Waals surface area contributed by atoms with E-state index < -0.39 is 18.0 Å². The minimum atomic E-state index is -0.606. The Hall–Kier alpha value is -1.59. The predicted octanol–water partition coefficient (Wildman–Crippen LogP) is 1.18. The van der Waals surface area contributed by atoms with Crippen LogP contribution in [0.25, 0.3) is 0 Å². The second-order valence-electron chi connectivity index (χ2n) is 5.04. The Morgan fingerprint density at radius 2 is 1.70 bits per heavy atom. The molecule has 6 nitrogen and oxygen atoms in total. The van der Waals surface area contributed by atoms with Gasteiger partial charge in [0.05, 0.1) is 20.6 Å². The molecule has 1 aliphatic carbocycles. The molecule has 1 saturated carbocycles. The van der Waals surface area contributed by atoms with E-state index in [1.807, 2.05) is 0 Å². The van der Waals surface area contributed by atoms with Gasteiger partial charge in [-0.15, -0.1) is 0 Å². The molecule has 1 fully saturated rings. The minimum Gasteiger partial charge on any atom is -0.469 e. The van der Waals surface area contributed by atoms with Crippen molar-refractivity contribution in [3.05, 3.63) is 0 Å². The molecule has 0 aromatic carbocycles. The molecular formula is C14H23NO5. The van der Waals surface area contributed by atoms with E-state index >= 15 is 0 Å². The van der Waals surface area contributed by atoms with Crippen molar-refractivity contribution >= 4 is 17.8 Å². The molecule has 0 aromatic rings. The van der Waals surface area contributed by atoms with Crippen LogP contribution in [0.4, 0.5) is 0 Å². The van der Waals surface area contributed by atoms with E-state index in [1.165, 1.54) is 20.6 Å². The molecular weight excluding hydrogens is 262 g/mol. The lowest BCUT2D eigenvalue weighted by Gasteiger charge is -2.28. The van der Waals surface area contributed by atoms with Gasteiger partial charge in [0.2, 0.25) is 5.91 Å². The summed E-state index contributed by atoms with van der Waals surface area (Å²) in [5.74, 6) is -1.05. The summed E-state index contributed by atoms with van der Waals surface area (Å²) in [4.78, 5) is 34.6. The normalized spacial score (nSPS) is 17.1. The third-order valence-electron chi connectivity index (χ3n) is 3.68. The van der Waals surface area contributed by atoms with Gasteiger partial charge in [-0.2, -0.15) is 0 Å². The standard InChI is InChI=1S/C14H23NO5/c1-19-12(17)9-8-11(16)15-13(14(18)20-2)10-6-4-3-5-7-10/h10,13H,3-9H2,1-2H3,(H,15,16)/t13-/m1/s1. The number of methoxy groups -OCH3 is 2. The van der Waals surface area contributed by atoms with Gasteiger partial charge in [0, 0.05) is 6.42 Å². The topological polar surface area (TPSA) is 81.7 Å². The van der Waals surface area contributed by atoms with E-state index in [0.717, 1.165) is 25.7 Å². The third kappa shape index (κ3) is 5.19. The van der Waals surface area contributed by atoms with E-state index in [0.29, 0.717) is 0 Å². The molecule has 0 saturated heterocycles. The van der Waals surface area contributed by atoms with Crippen molar-refractivity contribution in [1.29, 1.82) is 0 Å². The number of carbonyl (C=O) groups is 3. The van der Waals surface area contributed by atoms with Crippen LogP contribution in [0, 0.1) is 5.92 Å². The highest BCUT2D eigenvalue weighted by molar-refractivity contribution is 5.86. The first-order valence-electron chi connectivity index (χ1n) is 7.02. The van der Waals surface area contributed by atoms with Crippen molar-refractivity contribution < 1.29 is 23.9 Å². The van der Waals surface area contributed by atoms with Crippen LogP contribution in [0.5, 0.6) is 0 Å². The predicted molar refractivity (Wildman–Crippen MR) is 71.8 cm³/mol. The average molecular weight is 285 g/mol. The number of amides is 1. The van der Waals surface area contributed by atoms with Crippen LogP contribution in [0.3, 0.4) is 0 Å². The van der Waals surface area contributed by atoms with Crippen LogP contribution in [0.1, 0.15) is 44.9 Å². The van der Waals surface area contributed by atoms with Crippen molar-refractivity contribution in [2.75, 3.05) is 14.2 Å². The minimum absolute atomic E-state index is 0.0148. The number of carbonyl (C=O) groups excluding carboxylic acids is 3. The van der Waals surface area contributed by atoms with Crippen LogP contribution in [0.2, 0.25) is 0 Å². The Kier molecular flexibility index (Phi) is 7.04. The summed E-state index contributed by atoms with van der Waals surface area (Å²) < 4.78 is 9.25. The zero-order chi connectivity index (χ0) is 15.0. The Labute approximate surface area is 119 Å². The maximum Gasteiger partial charge on any atom is 0.328 e. The first-order valence-corrected chi connectivity index (χ1v) is 7.02. The van der Waals surface area contributed by atoms with Crippen molar-refractivity contribution in [2.24, 2.45) is 5.92 Å². The van der Waals surface area contributed by atoms with Crippen molar-refractivity contribution in [3.63, 3.8) is 0 Å². The summed E-state index contributed by atoms with van der Waals surface area (Å²) >= 11 is 0. The molecule has 1 amide bonds. The van der Waals surface area contributed by atoms with Gasteiger partial charge in [0.1, 0.15) is 6.04 Å². The van der Waals surface area contributed by atoms with Gasteiger partial charge in [-0.3, -0.25) is 9.59 Å². The summed E-state index contributed by atoms with van der Waals surface area (Å²) in [5, 5.41) is 2.70. The molecule has 20 heavy (non-hydrogen) atoms. The van der Waals surface area contributed by atoms with Gasteiger partial charge in [-0.05, 0) is 18.8 Å². The fraction of sp³-hybridized carbons (Fsp3) is 0.786. The molecule has 0 aromatic heterocycles. The van der Waals surface area contributed by atoms with Crippen LogP contribution in [0.15, 0.2) is 0 Å². The molecule has 0 spiro atoms. The highest BCUT2D eigenvalue weighted by atomic mass is 16.5. The van der Waals surface area contributed by atoms with Crippen molar-refractivity contribution in [3.8, 4) is 0 Å². The summed E-state index contributed by atoms with van der Waals surface area (Å²) in [5.41, 5.74) is 0. The molecule has 1 rings (SSSR count). The third-order valence-corrected chi connectivity index (χ3v) is 3.68. The molecule has 0 bridgehead atoms. The maximum atomic E-state index is 11.8. The largest absolute Gasteiger partial charge is 0.469 e. The second kappa shape index (κ2) is 8.55. The van der Waals surface area contributed by atoms with Gasteiger partial charge < -0.3 is 14.8 Å². The van der Waals surface area contributed by atoms with Crippen molar-refractivity contribution in [2.45, 2.75) is 51.0 Å². The number of nitrogens with one attached hydrogen (secondary N) is 1. The second-order valence-corrected chi connectivity index (χ2v) is 5.04. The van der Waals surface area contributed by atoms with E-state index in [2.05, 4.69) is 10.1 Å². The maximum absolute atomic E-state index is 11.8. The van der Waals surface area contributed by atoms with Crippen molar-refractivity contribution in [1.82, 2.24) is 5.32 Å². The summed E-state index contributed by atoms with van der Waals surface area (Å²) in [6.45, 7) is 0. The lowest BCUT2D eigenvalue weighted by molar-refractivity contribution is -0.147. The Bertz CT molecular complexity index is 349. The molecule has 0 radical (unpaired) electrons. The highest BCUT2D eigenvalue weighted by Crippen LogP contribution is 2.27. The van der Waals surface area contributed by atoms with Gasteiger partial charge in [0.25, 0.3) is 0 Å². The Balaban J connectivity index is 2.53. The number of ether oxygens (including phenoxy) is 2. The molecule has 114 valence electrons. The fourth-order valence-electron chi connectivity index (χ4n) is 2.53. The monoisotopic (exact) mass is 285 g/mol. The van der Waals surface area contributed by atoms with Gasteiger partial charge in [-0.1, -0.05) is 19.3 Å². The Morgan fingerprint density at radius 3 is 2.25 bits per heavy atom. The average Bonchev–Trinajstić information content (AvgIpc) is 2.50. The summed E-state index contributed by atoms with van der Waals surface area (Å²) in [7, 11) is 2.60. The molecule has 0 unspecified atom stereocenters. The van der Waals surface area contributed by atoms with Crippen LogP contribution < -0.4 is 5.32 Å². The summed E-state index contributed by atoms with van der Waals surface area (Å²) in [6, 6.07) is -0.606. The Morgan fingerprint density at radius 1 is 1.05 bits per heavy atom. The van der Waals surface area contributed by atoms with E-state index in [-0.39, 0.29) is 24.7 Å². The van der Waals surface area contributed by atoms with Crippen LogP contribution in [-0.2, 0) is 23.9 Å². The smallest absolute Gasteiger partial charge is 0.328 e. The number of esters is 2. The first-order chi connectivity index (χ1) is 9.58. The zero-order valence-electron chi connectivity index (χ0n) is 12.1. The summed E-state index contributed by atoms with van der Waals surface area (Å²) in [6.07, 6.45) is 5.16. The lowest BCUT2D eigenvalue weighted by Crippen LogP contribution is -2.47. The highest BCUT2D eigenvalue weighted by Gasteiger charge is 2.31. The quantitative estimate of drug-likeness (QED) is 0.741. The van der Waals surface area contributed by atoms with E-state index in [4.69, 9.17) is 4.74 Å². The molecule has 6 heteroatoms. The molecule has 1 aliphatic rings. The van der Waals surface area contributed by atoms with E-state index in [9.17, 15) is 14.4 Å². The zero-order valence-corrected chi connectivity index (χ0v) is 12.1. The molecule has 1 atom stereocenters. The van der Waals surface area contributed by atoms with E-state index in [1.54, 1.807) is 0 Å². The first kappa shape index (κ1) is 16.5. The number of hydrogen-bond donors (Lipinski definition) is 1. The molecule has 1 N–H and O–H groups in total. The van der Waals surface area contributed by atoms with Crippen LogP contribution in [-0.4, -0.2) is 38.1 Å². The van der Waals surface area contributed by atoms with Crippen LogP contribution >= 0.6 is 0 Å².